The van der Waals surface area contributed by atoms with E-state index in [4.69, 9.17) is 4.42 Å². The average molecular weight is 361 g/mol. The zero-order chi connectivity index (χ0) is 18.4. The van der Waals surface area contributed by atoms with Crippen molar-refractivity contribution in [2.24, 2.45) is 5.41 Å². The number of hydrogen-bond donors (Lipinski definition) is 0. The van der Waals surface area contributed by atoms with Crippen LogP contribution in [0.5, 0.6) is 0 Å². The van der Waals surface area contributed by atoms with Crippen LogP contribution in [0.1, 0.15) is 23.6 Å². The molecule has 1 unspecified atom stereocenters. The molecule has 1 saturated heterocycles. The van der Waals surface area contributed by atoms with Crippen molar-refractivity contribution in [3.05, 3.63) is 66.0 Å². The van der Waals surface area contributed by atoms with E-state index in [0.29, 0.717) is 6.42 Å². The first-order valence-corrected chi connectivity index (χ1v) is 9.54. The number of carbonyl (C=O) groups excluding carboxylic acids is 1. The topological polar surface area (TPSA) is 51.3 Å². The maximum absolute atomic E-state index is 12.6. The molecular weight excluding hydrogens is 338 g/mol. The molecule has 1 amide bonds. The monoisotopic (exact) mass is 361 g/mol. The highest BCUT2D eigenvalue weighted by atomic mass is 16.3. The van der Waals surface area contributed by atoms with E-state index in [9.17, 15) is 4.79 Å². The first-order valence-electron chi connectivity index (χ1n) is 9.54. The Balaban J connectivity index is 1.32. The van der Waals surface area contributed by atoms with E-state index >= 15 is 0 Å². The second kappa shape index (κ2) is 6.12. The molecule has 1 spiro atoms. The van der Waals surface area contributed by atoms with Crippen molar-refractivity contribution in [1.82, 2.24) is 14.5 Å². The fourth-order valence-electron chi connectivity index (χ4n) is 4.51. The van der Waals surface area contributed by atoms with Gasteiger partial charge in [-0.2, -0.15) is 0 Å². The average Bonchev–Trinajstić information content (AvgIpc) is 3.42. The van der Waals surface area contributed by atoms with Gasteiger partial charge in [0.1, 0.15) is 11.6 Å². The molecule has 138 valence electrons. The predicted molar refractivity (Wildman–Crippen MR) is 102 cm³/mol. The summed E-state index contributed by atoms with van der Waals surface area (Å²) in [5.41, 5.74) is 3.78. The lowest BCUT2D eigenvalue weighted by Gasteiger charge is -2.23. The molecule has 2 aromatic heterocycles. The molecule has 1 fully saturated rings. The Bertz CT molecular complexity index is 972. The van der Waals surface area contributed by atoms with Crippen LogP contribution in [0.25, 0.3) is 11.3 Å². The molecule has 0 saturated carbocycles. The van der Waals surface area contributed by atoms with Crippen LogP contribution < -0.4 is 0 Å². The van der Waals surface area contributed by atoms with Gasteiger partial charge in [-0.3, -0.25) is 4.79 Å². The molecule has 5 rings (SSSR count). The third-order valence-corrected chi connectivity index (χ3v) is 6.01. The number of fused-ring (bicyclic) bond motifs is 1. The number of hydrogen-bond acceptors (Lipinski definition) is 3. The van der Waals surface area contributed by atoms with E-state index in [1.54, 1.807) is 6.26 Å². The number of furan rings is 1. The normalized spacial score (nSPS) is 21.1. The van der Waals surface area contributed by atoms with Gasteiger partial charge in [0.05, 0.1) is 24.6 Å². The molecule has 2 aliphatic rings. The van der Waals surface area contributed by atoms with Crippen LogP contribution >= 0.6 is 0 Å². The van der Waals surface area contributed by atoms with E-state index in [1.165, 1.54) is 16.8 Å². The SMILES string of the molecule is Cc1ccc(-c2cnc3n2CC2(CCN(C(=O)Cc4ccco4)C2)C3)cc1. The van der Waals surface area contributed by atoms with E-state index in [0.717, 1.165) is 44.1 Å². The molecule has 27 heavy (non-hydrogen) atoms. The van der Waals surface area contributed by atoms with Gasteiger partial charge in [0.2, 0.25) is 5.91 Å². The van der Waals surface area contributed by atoms with Crippen molar-refractivity contribution in [2.45, 2.75) is 32.7 Å². The summed E-state index contributed by atoms with van der Waals surface area (Å²) in [7, 11) is 0. The number of aryl methyl sites for hydroxylation is 1. The van der Waals surface area contributed by atoms with Gasteiger partial charge in [0, 0.05) is 31.5 Å². The smallest absolute Gasteiger partial charge is 0.230 e. The Morgan fingerprint density at radius 1 is 1.22 bits per heavy atom. The first kappa shape index (κ1) is 16.4. The summed E-state index contributed by atoms with van der Waals surface area (Å²) in [5, 5.41) is 0. The minimum absolute atomic E-state index is 0.127. The molecule has 1 aromatic carbocycles. The summed E-state index contributed by atoms with van der Waals surface area (Å²) in [6.45, 7) is 4.68. The Hall–Kier alpha value is -2.82. The number of benzene rings is 1. The molecule has 0 radical (unpaired) electrons. The van der Waals surface area contributed by atoms with Crippen LogP contribution in [0.15, 0.2) is 53.3 Å². The minimum atomic E-state index is 0.127. The quantitative estimate of drug-likeness (QED) is 0.718. The molecule has 3 aromatic rings. The second-order valence-corrected chi connectivity index (χ2v) is 8.01. The van der Waals surface area contributed by atoms with Gasteiger partial charge < -0.3 is 13.9 Å². The fraction of sp³-hybridized carbons (Fsp3) is 0.364. The van der Waals surface area contributed by atoms with Gasteiger partial charge in [0.25, 0.3) is 0 Å². The molecule has 4 heterocycles. The Labute approximate surface area is 158 Å². The molecule has 0 N–H and O–H groups in total. The maximum Gasteiger partial charge on any atom is 0.230 e. The lowest BCUT2D eigenvalue weighted by molar-refractivity contribution is -0.130. The van der Waals surface area contributed by atoms with Crippen LogP contribution in [-0.4, -0.2) is 33.4 Å². The van der Waals surface area contributed by atoms with Crippen LogP contribution in [-0.2, 0) is 24.2 Å². The maximum atomic E-state index is 12.6. The van der Waals surface area contributed by atoms with Crippen molar-refractivity contribution < 1.29 is 9.21 Å². The van der Waals surface area contributed by atoms with Gasteiger partial charge in [-0.15, -0.1) is 0 Å². The van der Waals surface area contributed by atoms with Gasteiger partial charge >= 0.3 is 0 Å². The van der Waals surface area contributed by atoms with Crippen molar-refractivity contribution in [3.63, 3.8) is 0 Å². The zero-order valence-electron chi connectivity index (χ0n) is 15.5. The van der Waals surface area contributed by atoms with E-state index in [2.05, 4.69) is 40.7 Å². The Morgan fingerprint density at radius 3 is 2.85 bits per heavy atom. The van der Waals surface area contributed by atoms with Gasteiger partial charge in [-0.25, -0.2) is 4.98 Å². The first-order chi connectivity index (χ1) is 13.1. The zero-order valence-corrected chi connectivity index (χ0v) is 15.5. The summed E-state index contributed by atoms with van der Waals surface area (Å²) in [6, 6.07) is 12.3. The number of rotatable bonds is 3. The van der Waals surface area contributed by atoms with Crippen molar-refractivity contribution in [3.8, 4) is 11.3 Å². The number of imidazole rings is 1. The van der Waals surface area contributed by atoms with Crippen molar-refractivity contribution in [1.29, 1.82) is 0 Å². The second-order valence-electron chi connectivity index (χ2n) is 8.01. The van der Waals surface area contributed by atoms with Gasteiger partial charge in [-0.05, 0) is 31.0 Å². The Kier molecular flexibility index (Phi) is 3.71. The molecule has 5 heteroatoms. The van der Waals surface area contributed by atoms with Crippen LogP contribution in [0.2, 0.25) is 0 Å². The predicted octanol–water partition coefficient (Wildman–Crippen LogP) is 3.47. The highest BCUT2D eigenvalue weighted by Gasteiger charge is 2.45. The minimum Gasteiger partial charge on any atom is -0.469 e. The summed E-state index contributed by atoms with van der Waals surface area (Å²) in [5.74, 6) is 2.04. The van der Waals surface area contributed by atoms with E-state index < -0.39 is 0 Å². The summed E-state index contributed by atoms with van der Waals surface area (Å²) in [6.07, 6.45) is 5.94. The number of nitrogens with zero attached hydrogens (tertiary/aromatic N) is 3. The highest BCUT2D eigenvalue weighted by molar-refractivity contribution is 5.78. The number of amides is 1. The molecule has 1 atom stereocenters. The largest absolute Gasteiger partial charge is 0.469 e. The number of carbonyl (C=O) groups is 1. The number of likely N-dealkylation sites (tertiary alicyclic amines) is 1. The molecule has 2 aliphatic heterocycles. The van der Waals surface area contributed by atoms with Crippen LogP contribution in [0, 0.1) is 12.3 Å². The number of aromatic nitrogens is 2. The van der Waals surface area contributed by atoms with Gasteiger partial charge in [-0.1, -0.05) is 29.8 Å². The molecule has 0 aliphatic carbocycles. The van der Waals surface area contributed by atoms with Crippen molar-refractivity contribution in [2.75, 3.05) is 13.1 Å². The lowest BCUT2D eigenvalue weighted by atomic mass is 9.86. The van der Waals surface area contributed by atoms with E-state index in [-0.39, 0.29) is 11.3 Å². The summed E-state index contributed by atoms with van der Waals surface area (Å²) in [4.78, 5) is 19.3. The summed E-state index contributed by atoms with van der Waals surface area (Å²) < 4.78 is 7.68. The standard InChI is InChI=1S/C22H23N3O2/c1-16-4-6-17(7-5-16)19-13-23-20-12-22(15-25(19)20)8-9-24(14-22)21(26)11-18-3-2-10-27-18/h2-7,10,13H,8-9,11-12,14-15H2,1H3. The third kappa shape index (κ3) is 2.87. The third-order valence-electron chi connectivity index (χ3n) is 6.01. The fourth-order valence-corrected chi connectivity index (χ4v) is 4.51. The van der Waals surface area contributed by atoms with Crippen LogP contribution in [0.3, 0.4) is 0 Å². The summed E-state index contributed by atoms with van der Waals surface area (Å²) >= 11 is 0. The van der Waals surface area contributed by atoms with Gasteiger partial charge in [0.15, 0.2) is 0 Å². The highest BCUT2D eigenvalue weighted by Crippen LogP contribution is 2.42. The molecule has 5 nitrogen and oxygen atoms in total. The molecule has 0 bridgehead atoms. The Morgan fingerprint density at radius 2 is 2.07 bits per heavy atom. The van der Waals surface area contributed by atoms with Crippen molar-refractivity contribution >= 4 is 5.91 Å². The van der Waals surface area contributed by atoms with Crippen LogP contribution in [0.4, 0.5) is 0 Å². The van der Waals surface area contributed by atoms with E-state index in [1.807, 2.05) is 23.2 Å². The lowest BCUT2D eigenvalue weighted by Crippen LogP contribution is -2.34. The molecular formula is C22H23N3O2.